The van der Waals surface area contributed by atoms with Crippen LogP contribution in [0, 0.1) is 11.3 Å². The summed E-state index contributed by atoms with van der Waals surface area (Å²) in [7, 11) is 0. The Bertz CT molecular complexity index is 359. The topological polar surface area (TPSA) is 50.4 Å². The van der Waals surface area contributed by atoms with Crippen molar-refractivity contribution in [2.75, 3.05) is 6.54 Å². The standard InChI is InChI=1S/C18H36N2O2/c1-13(2)18(6,7)12-19-14-9-8-10-15(11-14)20-16(21)22-17(3,4)5/h13-15,19H,8-12H2,1-7H3,(H,20,21). The van der Waals surface area contributed by atoms with Gasteiger partial charge < -0.3 is 15.4 Å². The molecule has 0 heterocycles. The number of hydrogen-bond donors (Lipinski definition) is 2. The highest BCUT2D eigenvalue weighted by Gasteiger charge is 2.28. The first-order valence-corrected chi connectivity index (χ1v) is 8.72. The van der Waals surface area contributed by atoms with Crippen LogP contribution in [0.15, 0.2) is 0 Å². The molecule has 0 saturated heterocycles. The van der Waals surface area contributed by atoms with Crippen LogP contribution in [0.4, 0.5) is 4.79 Å². The predicted octanol–water partition coefficient (Wildman–Crippen LogP) is 4.09. The van der Waals surface area contributed by atoms with Gasteiger partial charge in [0, 0.05) is 18.6 Å². The van der Waals surface area contributed by atoms with E-state index in [1.54, 1.807) is 0 Å². The molecule has 1 aliphatic carbocycles. The molecule has 2 atom stereocenters. The normalized spacial score (nSPS) is 23.5. The Hall–Kier alpha value is -0.770. The molecule has 0 radical (unpaired) electrons. The molecule has 0 aliphatic heterocycles. The Balaban J connectivity index is 2.40. The summed E-state index contributed by atoms with van der Waals surface area (Å²) in [5.41, 5.74) is -0.136. The van der Waals surface area contributed by atoms with Crippen molar-refractivity contribution in [3.8, 4) is 0 Å². The van der Waals surface area contributed by atoms with Gasteiger partial charge in [-0.3, -0.25) is 0 Å². The lowest BCUT2D eigenvalue weighted by molar-refractivity contribution is 0.0487. The molecule has 1 saturated carbocycles. The summed E-state index contributed by atoms with van der Waals surface area (Å²) >= 11 is 0. The fourth-order valence-electron chi connectivity index (χ4n) is 2.59. The maximum absolute atomic E-state index is 11.9. The van der Waals surface area contributed by atoms with Gasteiger partial charge in [-0.1, -0.05) is 27.7 Å². The highest BCUT2D eigenvalue weighted by atomic mass is 16.6. The zero-order valence-corrected chi connectivity index (χ0v) is 15.6. The first-order chi connectivity index (χ1) is 9.99. The molecular formula is C18H36N2O2. The zero-order valence-electron chi connectivity index (χ0n) is 15.6. The second-order valence-electron chi connectivity index (χ2n) is 8.73. The third-order valence-electron chi connectivity index (χ3n) is 4.80. The third kappa shape index (κ3) is 6.99. The maximum atomic E-state index is 11.9. The molecule has 0 spiro atoms. The molecule has 0 aromatic heterocycles. The minimum Gasteiger partial charge on any atom is -0.444 e. The Morgan fingerprint density at radius 2 is 1.73 bits per heavy atom. The lowest BCUT2D eigenvalue weighted by Gasteiger charge is -2.35. The fourth-order valence-corrected chi connectivity index (χ4v) is 2.59. The van der Waals surface area contributed by atoms with E-state index in [-0.39, 0.29) is 12.1 Å². The van der Waals surface area contributed by atoms with E-state index in [2.05, 4.69) is 38.3 Å². The molecule has 22 heavy (non-hydrogen) atoms. The SMILES string of the molecule is CC(C)C(C)(C)CNC1CCCC(NC(=O)OC(C)(C)C)C1. The Kier molecular flexibility index (Phi) is 6.72. The van der Waals surface area contributed by atoms with Crippen LogP contribution in [-0.2, 0) is 4.74 Å². The van der Waals surface area contributed by atoms with E-state index in [1.165, 1.54) is 6.42 Å². The van der Waals surface area contributed by atoms with Crippen LogP contribution in [0.3, 0.4) is 0 Å². The van der Waals surface area contributed by atoms with E-state index in [0.29, 0.717) is 17.4 Å². The van der Waals surface area contributed by atoms with E-state index in [9.17, 15) is 4.79 Å². The van der Waals surface area contributed by atoms with E-state index >= 15 is 0 Å². The summed E-state index contributed by atoms with van der Waals surface area (Å²) in [4.78, 5) is 11.9. The number of nitrogens with one attached hydrogen (secondary N) is 2. The summed E-state index contributed by atoms with van der Waals surface area (Å²) in [5.74, 6) is 0.652. The molecule has 2 unspecified atom stereocenters. The summed E-state index contributed by atoms with van der Waals surface area (Å²) in [6, 6.07) is 0.718. The van der Waals surface area contributed by atoms with Crippen molar-refractivity contribution in [3.05, 3.63) is 0 Å². The lowest BCUT2D eigenvalue weighted by Crippen LogP contribution is -2.47. The van der Waals surface area contributed by atoms with Crippen molar-refractivity contribution in [1.29, 1.82) is 0 Å². The Morgan fingerprint density at radius 3 is 2.27 bits per heavy atom. The largest absolute Gasteiger partial charge is 0.444 e. The Labute approximate surface area is 136 Å². The van der Waals surface area contributed by atoms with Gasteiger partial charge in [-0.05, 0) is 57.8 Å². The van der Waals surface area contributed by atoms with Gasteiger partial charge in [0.1, 0.15) is 5.60 Å². The van der Waals surface area contributed by atoms with Gasteiger partial charge in [0.05, 0.1) is 0 Å². The van der Waals surface area contributed by atoms with Gasteiger partial charge in [-0.25, -0.2) is 4.79 Å². The van der Waals surface area contributed by atoms with Gasteiger partial charge in [0.2, 0.25) is 0 Å². The van der Waals surface area contributed by atoms with Crippen LogP contribution in [0.1, 0.15) is 74.1 Å². The average Bonchev–Trinajstić information content (AvgIpc) is 2.34. The molecular weight excluding hydrogens is 276 g/mol. The van der Waals surface area contributed by atoms with Crippen LogP contribution in [-0.4, -0.2) is 30.3 Å². The molecule has 130 valence electrons. The molecule has 0 aromatic carbocycles. The third-order valence-corrected chi connectivity index (χ3v) is 4.80. The van der Waals surface area contributed by atoms with Gasteiger partial charge in [-0.2, -0.15) is 0 Å². The highest BCUT2D eigenvalue weighted by molar-refractivity contribution is 5.68. The Morgan fingerprint density at radius 1 is 1.14 bits per heavy atom. The van der Waals surface area contributed by atoms with Crippen molar-refractivity contribution >= 4 is 6.09 Å². The minimum absolute atomic E-state index is 0.225. The average molecular weight is 312 g/mol. The molecule has 1 rings (SSSR count). The molecule has 1 amide bonds. The van der Waals surface area contributed by atoms with Crippen LogP contribution in [0.2, 0.25) is 0 Å². The predicted molar refractivity (Wildman–Crippen MR) is 92.0 cm³/mol. The van der Waals surface area contributed by atoms with Crippen molar-refractivity contribution in [2.45, 2.75) is 91.8 Å². The van der Waals surface area contributed by atoms with Crippen molar-refractivity contribution in [1.82, 2.24) is 10.6 Å². The number of amides is 1. The fraction of sp³-hybridized carbons (Fsp3) is 0.944. The molecule has 0 bridgehead atoms. The van der Waals surface area contributed by atoms with Gasteiger partial charge >= 0.3 is 6.09 Å². The van der Waals surface area contributed by atoms with E-state index < -0.39 is 5.60 Å². The highest BCUT2D eigenvalue weighted by Crippen LogP contribution is 2.26. The lowest BCUT2D eigenvalue weighted by atomic mass is 9.80. The van der Waals surface area contributed by atoms with Gasteiger partial charge in [0.25, 0.3) is 0 Å². The summed E-state index contributed by atoms with van der Waals surface area (Å²) in [5, 5.41) is 6.73. The van der Waals surface area contributed by atoms with Crippen molar-refractivity contribution < 1.29 is 9.53 Å². The minimum atomic E-state index is -0.433. The first-order valence-electron chi connectivity index (χ1n) is 8.72. The van der Waals surface area contributed by atoms with Crippen LogP contribution in [0.25, 0.3) is 0 Å². The second kappa shape index (κ2) is 7.67. The number of ether oxygens (including phenoxy) is 1. The molecule has 1 aliphatic rings. The maximum Gasteiger partial charge on any atom is 0.407 e. The number of alkyl carbamates (subject to hydrolysis) is 1. The van der Waals surface area contributed by atoms with E-state index in [0.717, 1.165) is 25.8 Å². The molecule has 4 heteroatoms. The second-order valence-corrected chi connectivity index (χ2v) is 8.73. The number of rotatable bonds is 5. The van der Waals surface area contributed by atoms with Crippen molar-refractivity contribution in [3.63, 3.8) is 0 Å². The van der Waals surface area contributed by atoms with E-state index in [4.69, 9.17) is 4.74 Å². The summed E-state index contributed by atoms with van der Waals surface area (Å²) in [6.45, 7) is 15.9. The molecule has 0 aromatic rings. The molecule has 1 fully saturated rings. The molecule has 2 N–H and O–H groups in total. The number of carbonyl (C=O) groups is 1. The van der Waals surface area contributed by atoms with Crippen LogP contribution in [0.5, 0.6) is 0 Å². The number of hydrogen-bond acceptors (Lipinski definition) is 3. The first kappa shape index (κ1) is 19.3. The van der Waals surface area contributed by atoms with E-state index in [1.807, 2.05) is 20.8 Å². The smallest absolute Gasteiger partial charge is 0.407 e. The van der Waals surface area contributed by atoms with Gasteiger partial charge in [0.15, 0.2) is 0 Å². The van der Waals surface area contributed by atoms with Crippen LogP contribution < -0.4 is 10.6 Å². The monoisotopic (exact) mass is 312 g/mol. The summed E-state index contributed by atoms with van der Waals surface area (Å²) in [6.07, 6.45) is 4.10. The van der Waals surface area contributed by atoms with Gasteiger partial charge in [-0.15, -0.1) is 0 Å². The summed E-state index contributed by atoms with van der Waals surface area (Å²) < 4.78 is 5.35. The van der Waals surface area contributed by atoms with Crippen molar-refractivity contribution in [2.24, 2.45) is 11.3 Å². The molecule has 4 nitrogen and oxygen atoms in total. The number of carbonyl (C=O) groups excluding carboxylic acids is 1. The quantitative estimate of drug-likeness (QED) is 0.803. The van der Waals surface area contributed by atoms with Crippen LogP contribution >= 0.6 is 0 Å². The zero-order chi connectivity index (χ0) is 17.0.